The molecule has 29 heavy (non-hydrogen) atoms. The maximum Gasteiger partial charge on any atom is 0.261 e. The zero-order chi connectivity index (χ0) is 20.0. The SMILES string of the molecule is O=C(NC1CCC(F)(F)CC1)c1cc([C@@H]2C[C@H]2NC2CCN(C3CC3)CC2)cs1. The van der Waals surface area contributed by atoms with Crippen LogP contribution in [0.25, 0.3) is 0 Å². The van der Waals surface area contributed by atoms with Gasteiger partial charge in [-0.2, -0.15) is 0 Å². The van der Waals surface area contributed by atoms with Gasteiger partial charge in [-0.25, -0.2) is 8.78 Å². The van der Waals surface area contributed by atoms with Crippen molar-refractivity contribution in [3.63, 3.8) is 0 Å². The fraction of sp³-hybridized carbons (Fsp3) is 0.773. The Balaban J connectivity index is 1.07. The van der Waals surface area contributed by atoms with Crippen molar-refractivity contribution in [1.29, 1.82) is 0 Å². The molecule has 3 aliphatic carbocycles. The van der Waals surface area contributed by atoms with Gasteiger partial charge in [0.15, 0.2) is 0 Å². The minimum absolute atomic E-state index is 0.103. The first-order valence-electron chi connectivity index (χ1n) is 11.2. The van der Waals surface area contributed by atoms with Crippen LogP contribution in [0.2, 0.25) is 0 Å². The average Bonchev–Trinajstić information content (AvgIpc) is 3.63. The van der Waals surface area contributed by atoms with Gasteiger partial charge in [-0.3, -0.25) is 4.79 Å². The molecule has 160 valence electrons. The normalized spacial score (nSPS) is 31.0. The smallest absolute Gasteiger partial charge is 0.261 e. The Kier molecular flexibility index (Phi) is 5.41. The molecule has 0 unspecified atom stereocenters. The van der Waals surface area contributed by atoms with Crippen molar-refractivity contribution in [1.82, 2.24) is 15.5 Å². The number of amides is 1. The number of likely N-dealkylation sites (tertiary alicyclic amines) is 1. The number of thiophene rings is 1. The molecule has 0 aromatic carbocycles. The summed E-state index contributed by atoms with van der Waals surface area (Å²) in [5.41, 5.74) is 1.25. The molecule has 1 amide bonds. The van der Waals surface area contributed by atoms with Gasteiger partial charge < -0.3 is 15.5 Å². The van der Waals surface area contributed by atoms with Gasteiger partial charge in [0.2, 0.25) is 5.92 Å². The molecule has 5 rings (SSSR count). The number of carbonyl (C=O) groups is 1. The van der Waals surface area contributed by atoms with E-state index in [4.69, 9.17) is 0 Å². The molecule has 0 radical (unpaired) electrons. The summed E-state index contributed by atoms with van der Waals surface area (Å²) in [4.78, 5) is 15.9. The molecule has 3 saturated carbocycles. The number of alkyl halides is 2. The largest absolute Gasteiger partial charge is 0.349 e. The van der Waals surface area contributed by atoms with Gasteiger partial charge in [0.05, 0.1) is 4.88 Å². The maximum absolute atomic E-state index is 13.3. The Labute approximate surface area is 175 Å². The van der Waals surface area contributed by atoms with Crippen LogP contribution in [0.4, 0.5) is 8.78 Å². The fourth-order valence-corrected chi connectivity index (χ4v) is 5.90. The lowest BCUT2D eigenvalue weighted by Gasteiger charge is -2.32. The van der Waals surface area contributed by atoms with Crippen LogP contribution in [0, 0.1) is 0 Å². The van der Waals surface area contributed by atoms with E-state index >= 15 is 0 Å². The second-order valence-electron chi connectivity index (χ2n) is 9.50. The summed E-state index contributed by atoms with van der Waals surface area (Å²) in [5.74, 6) is -2.14. The summed E-state index contributed by atoms with van der Waals surface area (Å²) < 4.78 is 26.6. The van der Waals surface area contributed by atoms with E-state index in [-0.39, 0.29) is 24.8 Å². The van der Waals surface area contributed by atoms with Crippen molar-refractivity contribution in [3.05, 3.63) is 21.9 Å². The molecule has 4 fully saturated rings. The van der Waals surface area contributed by atoms with E-state index in [1.165, 1.54) is 55.7 Å². The van der Waals surface area contributed by atoms with Crippen molar-refractivity contribution >= 4 is 17.2 Å². The van der Waals surface area contributed by atoms with Crippen LogP contribution < -0.4 is 10.6 Å². The molecular formula is C22H31F2N3OS. The number of hydrogen-bond donors (Lipinski definition) is 2. The highest BCUT2D eigenvalue weighted by atomic mass is 32.1. The van der Waals surface area contributed by atoms with Crippen LogP contribution >= 0.6 is 11.3 Å². The lowest BCUT2D eigenvalue weighted by molar-refractivity contribution is -0.0399. The summed E-state index contributed by atoms with van der Waals surface area (Å²) in [5, 5.41) is 8.90. The summed E-state index contributed by atoms with van der Waals surface area (Å²) in [6, 6.07) is 3.94. The van der Waals surface area contributed by atoms with Crippen molar-refractivity contribution in [3.8, 4) is 0 Å². The van der Waals surface area contributed by atoms with Crippen LogP contribution in [0.1, 0.15) is 78.9 Å². The number of rotatable bonds is 6. The van der Waals surface area contributed by atoms with Crippen molar-refractivity contribution in [2.75, 3.05) is 13.1 Å². The second kappa shape index (κ2) is 7.89. The van der Waals surface area contributed by atoms with Crippen LogP contribution in [-0.4, -0.2) is 54.0 Å². The minimum Gasteiger partial charge on any atom is -0.349 e. The first kappa shape index (κ1) is 19.9. The van der Waals surface area contributed by atoms with E-state index in [1.54, 1.807) is 0 Å². The minimum atomic E-state index is -2.56. The van der Waals surface area contributed by atoms with Gasteiger partial charge in [-0.1, -0.05) is 0 Å². The van der Waals surface area contributed by atoms with Gasteiger partial charge in [-0.15, -0.1) is 11.3 Å². The lowest BCUT2D eigenvalue weighted by atomic mass is 9.92. The first-order chi connectivity index (χ1) is 14.0. The number of nitrogens with zero attached hydrogens (tertiary/aromatic N) is 1. The topological polar surface area (TPSA) is 44.4 Å². The molecule has 2 atom stereocenters. The van der Waals surface area contributed by atoms with Crippen molar-refractivity contribution in [2.24, 2.45) is 0 Å². The zero-order valence-electron chi connectivity index (χ0n) is 16.8. The third kappa shape index (κ3) is 4.83. The second-order valence-corrected chi connectivity index (χ2v) is 10.4. The van der Waals surface area contributed by atoms with Crippen molar-refractivity contribution < 1.29 is 13.6 Å². The predicted octanol–water partition coefficient (Wildman–Crippen LogP) is 4.13. The Morgan fingerprint density at radius 3 is 2.48 bits per heavy atom. The Bertz CT molecular complexity index is 732. The third-order valence-corrected chi connectivity index (χ3v) is 8.10. The Hall–Kier alpha value is -1.05. The number of halogens is 2. The third-order valence-electron chi connectivity index (χ3n) is 7.16. The van der Waals surface area contributed by atoms with Gasteiger partial charge in [0.25, 0.3) is 5.91 Å². The van der Waals surface area contributed by atoms with E-state index in [0.717, 1.165) is 12.5 Å². The summed E-state index contributed by atoms with van der Waals surface area (Å²) in [6.07, 6.45) is 6.92. The molecule has 0 spiro atoms. The average molecular weight is 424 g/mol. The van der Waals surface area contributed by atoms with Crippen LogP contribution in [0.5, 0.6) is 0 Å². The van der Waals surface area contributed by atoms with E-state index in [9.17, 15) is 13.6 Å². The fourth-order valence-electron chi connectivity index (χ4n) is 5.03. The molecule has 1 saturated heterocycles. The molecule has 0 bridgehead atoms. The molecule has 2 N–H and O–H groups in total. The van der Waals surface area contributed by atoms with Crippen LogP contribution in [-0.2, 0) is 0 Å². The van der Waals surface area contributed by atoms with Crippen LogP contribution in [0.3, 0.4) is 0 Å². The zero-order valence-corrected chi connectivity index (χ0v) is 17.7. The lowest BCUT2D eigenvalue weighted by Crippen LogP contribution is -2.44. The Morgan fingerprint density at radius 1 is 1.07 bits per heavy atom. The van der Waals surface area contributed by atoms with E-state index < -0.39 is 5.92 Å². The van der Waals surface area contributed by atoms with E-state index in [2.05, 4.69) is 20.9 Å². The summed E-state index contributed by atoms with van der Waals surface area (Å²) in [7, 11) is 0. The maximum atomic E-state index is 13.3. The molecule has 4 aliphatic rings. The number of piperidine rings is 1. The standard InChI is InChI=1S/C22H31F2N3OS/c23-22(24)7-3-15(4-8-22)26-21(28)20-11-14(13-29-20)18-12-19(18)25-16-5-9-27(10-6-16)17-1-2-17/h11,13,15-19,25H,1-10,12H2,(H,26,28)/t18-,19+/m0/s1. The summed E-state index contributed by atoms with van der Waals surface area (Å²) >= 11 is 1.48. The van der Waals surface area contributed by atoms with E-state index in [1.807, 2.05) is 6.07 Å². The molecule has 1 aromatic heterocycles. The summed E-state index contributed by atoms with van der Waals surface area (Å²) in [6.45, 7) is 2.46. The number of nitrogens with one attached hydrogen (secondary N) is 2. The number of hydrogen-bond acceptors (Lipinski definition) is 4. The Morgan fingerprint density at radius 2 is 1.79 bits per heavy atom. The highest BCUT2D eigenvalue weighted by Gasteiger charge is 2.41. The van der Waals surface area contributed by atoms with Crippen LogP contribution in [0.15, 0.2) is 11.4 Å². The molecule has 1 aromatic rings. The van der Waals surface area contributed by atoms with Crippen molar-refractivity contribution in [2.45, 2.75) is 93.8 Å². The van der Waals surface area contributed by atoms with E-state index in [0.29, 0.717) is 35.7 Å². The van der Waals surface area contributed by atoms with Gasteiger partial charge in [-0.05, 0) is 75.0 Å². The highest BCUT2D eigenvalue weighted by Crippen LogP contribution is 2.43. The predicted molar refractivity (Wildman–Crippen MR) is 111 cm³/mol. The van der Waals surface area contributed by atoms with Gasteiger partial charge in [0.1, 0.15) is 0 Å². The molecule has 1 aliphatic heterocycles. The molecule has 4 nitrogen and oxygen atoms in total. The number of carbonyl (C=O) groups excluding carboxylic acids is 1. The van der Waals surface area contributed by atoms with Gasteiger partial charge >= 0.3 is 0 Å². The quantitative estimate of drug-likeness (QED) is 0.723. The molecular weight excluding hydrogens is 392 g/mol. The monoisotopic (exact) mass is 423 g/mol. The first-order valence-corrected chi connectivity index (χ1v) is 12.1. The van der Waals surface area contributed by atoms with Gasteiger partial charge in [0, 0.05) is 42.9 Å². The highest BCUT2D eigenvalue weighted by molar-refractivity contribution is 7.12. The molecule has 2 heterocycles. The molecule has 7 heteroatoms.